The van der Waals surface area contributed by atoms with Gasteiger partial charge in [0.25, 0.3) is 5.69 Å². The zero-order valence-corrected chi connectivity index (χ0v) is 14.7. The molecule has 0 aliphatic heterocycles. The molecule has 9 heteroatoms. The quantitative estimate of drug-likeness (QED) is 0.354. The van der Waals surface area contributed by atoms with Gasteiger partial charge in [0.2, 0.25) is 5.91 Å². The molecule has 3 N–H and O–H groups in total. The van der Waals surface area contributed by atoms with Crippen molar-refractivity contribution in [2.45, 2.75) is 13.0 Å². The summed E-state index contributed by atoms with van der Waals surface area (Å²) in [5.41, 5.74) is 0.990. The molecule has 0 aliphatic carbocycles. The summed E-state index contributed by atoms with van der Waals surface area (Å²) in [4.78, 5) is 21.9. The first-order chi connectivity index (χ1) is 12.9. The number of hydrogen-bond acceptors (Lipinski definition) is 5. The van der Waals surface area contributed by atoms with Crippen molar-refractivity contribution in [3.8, 4) is 0 Å². The lowest BCUT2D eigenvalue weighted by molar-refractivity contribution is -0.384. The van der Waals surface area contributed by atoms with Crippen molar-refractivity contribution in [2.75, 3.05) is 25.0 Å². The number of carbonyl (C=O) groups is 1. The van der Waals surface area contributed by atoms with Gasteiger partial charge >= 0.3 is 0 Å². The van der Waals surface area contributed by atoms with E-state index >= 15 is 0 Å². The van der Waals surface area contributed by atoms with Gasteiger partial charge in [-0.15, -0.1) is 0 Å². The number of nitro groups is 1. The third-order valence-electron chi connectivity index (χ3n) is 3.85. The Morgan fingerprint density at radius 1 is 1.15 bits per heavy atom. The number of non-ortho nitro benzene ring substituents is 1. The Balaban J connectivity index is 1.68. The summed E-state index contributed by atoms with van der Waals surface area (Å²) in [5, 5.41) is 19.2. The summed E-state index contributed by atoms with van der Waals surface area (Å²) in [6.07, 6.45) is 0. The van der Waals surface area contributed by atoms with Gasteiger partial charge in [-0.2, -0.15) is 0 Å². The van der Waals surface area contributed by atoms with Crippen LogP contribution in [-0.2, 0) is 4.79 Å². The summed E-state index contributed by atoms with van der Waals surface area (Å²) in [6.45, 7) is 2.44. The minimum atomic E-state index is -0.664. The molecule has 7 nitrogen and oxygen atoms in total. The second kappa shape index (κ2) is 9.58. The maximum absolute atomic E-state index is 13.7. The largest absolute Gasteiger partial charge is 0.383 e. The fraction of sp³-hybridized carbons (Fsp3) is 0.278. The van der Waals surface area contributed by atoms with E-state index in [1.54, 1.807) is 19.1 Å². The lowest BCUT2D eigenvalue weighted by atomic mass is 10.1. The molecule has 144 valence electrons. The van der Waals surface area contributed by atoms with Crippen LogP contribution in [-0.4, -0.2) is 30.5 Å². The van der Waals surface area contributed by atoms with Gasteiger partial charge < -0.3 is 16.0 Å². The summed E-state index contributed by atoms with van der Waals surface area (Å²) in [5.74, 6) is -1.58. The molecule has 0 radical (unpaired) electrons. The molecule has 0 fully saturated rings. The minimum absolute atomic E-state index is 0.00615. The molecule has 1 amide bonds. The van der Waals surface area contributed by atoms with Gasteiger partial charge in [-0.25, -0.2) is 8.78 Å². The van der Waals surface area contributed by atoms with E-state index in [2.05, 4.69) is 16.0 Å². The van der Waals surface area contributed by atoms with E-state index in [-0.39, 0.29) is 23.7 Å². The number of rotatable bonds is 9. The van der Waals surface area contributed by atoms with Crippen molar-refractivity contribution in [1.82, 2.24) is 10.6 Å². The van der Waals surface area contributed by atoms with Crippen LogP contribution in [0.1, 0.15) is 18.5 Å². The summed E-state index contributed by atoms with van der Waals surface area (Å²) >= 11 is 0. The van der Waals surface area contributed by atoms with Crippen LogP contribution in [0.3, 0.4) is 0 Å². The molecule has 0 saturated heterocycles. The van der Waals surface area contributed by atoms with E-state index in [4.69, 9.17) is 0 Å². The lowest BCUT2D eigenvalue weighted by Gasteiger charge is -2.15. The number of halogens is 2. The molecule has 0 aromatic heterocycles. The lowest BCUT2D eigenvalue weighted by Crippen LogP contribution is -2.37. The van der Waals surface area contributed by atoms with Crippen LogP contribution in [0.4, 0.5) is 20.2 Å². The van der Waals surface area contributed by atoms with Gasteiger partial charge in [-0.05, 0) is 25.1 Å². The molecule has 1 atom stereocenters. The zero-order chi connectivity index (χ0) is 19.8. The van der Waals surface area contributed by atoms with Crippen molar-refractivity contribution in [3.05, 3.63) is 69.8 Å². The van der Waals surface area contributed by atoms with Crippen molar-refractivity contribution < 1.29 is 18.5 Å². The molecule has 0 aliphatic rings. The van der Waals surface area contributed by atoms with E-state index in [0.717, 1.165) is 6.07 Å². The molecule has 2 rings (SSSR count). The van der Waals surface area contributed by atoms with Crippen molar-refractivity contribution in [3.63, 3.8) is 0 Å². The third-order valence-corrected chi connectivity index (χ3v) is 3.85. The summed E-state index contributed by atoms with van der Waals surface area (Å²) < 4.78 is 26.6. The van der Waals surface area contributed by atoms with Crippen molar-refractivity contribution in [2.24, 2.45) is 0 Å². The Hall–Kier alpha value is -3.07. The monoisotopic (exact) mass is 378 g/mol. The molecule has 0 bridgehead atoms. The van der Waals surface area contributed by atoms with Gasteiger partial charge in [-0.3, -0.25) is 14.9 Å². The molecular weight excluding hydrogens is 358 g/mol. The molecule has 2 aromatic carbocycles. The Kier molecular flexibility index (Phi) is 7.18. The van der Waals surface area contributed by atoms with Gasteiger partial charge in [0.05, 0.1) is 11.5 Å². The normalized spacial score (nSPS) is 11.7. The average molecular weight is 378 g/mol. The van der Waals surface area contributed by atoms with Gasteiger partial charge in [-0.1, -0.05) is 6.07 Å². The van der Waals surface area contributed by atoms with E-state index in [1.165, 1.54) is 24.3 Å². The first kappa shape index (κ1) is 20.2. The highest BCUT2D eigenvalue weighted by atomic mass is 19.1. The second-order valence-electron chi connectivity index (χ2n) is 5.85. The van der Waals surface area contributed by atoms with Gasteiger partial charge in [0.15, 0.2) is 0 Å². The number of benzene rings is 2. The topological polar surface area (TPSA) is 96.3 Å². The number of amides is 1. The Bertz CT molecular complexity index is 800. The number of nitrogens with one attached hydrogen (secondary N) is 3. The maximum Gasteiger partial charge on any atom is 0.269 e. The van der Waals surface area contributed by atoms with Crippen LogP contribution in [0.15, 0.2) is 42.5 Å². The molecule has 0 unspecified atom stereocenters. The van der Waals surface area contributed by atoms with Crippen LogP contribution >= 0.6 is 0 Å². The van der Waals surface area contributed by atoms with E-state index in [0.29, 0.717) is 18.8 Å². The van der Waals surface area contributed by atoms with Crippen LogP contribution in [0, 0.1) is 21.7 Å². The molecular formula is C18H20F2N4O3. The smallest absolute Gasteiger partial charge is 0.269 e. The predicted octanol–water partition coefficient (Wildman–Crippen LogP) is 2.75. The highest BCUT2D eigenvalue weighted by Crippen LogP contribution is 2.17. The highest BCUT2D eigenvalue weighted by Gasteiger charge is 2.12. The number of nitrogens with zero attached hydrogens (tertiary/aromatic N) is 1. The van der Waals surface area contributed by atoms with E-state index in [9.17, 15) is 23.7 Å². The molecule has 2 aromatic rings. The SMILES string of the molecule is C[C@H](NCC(=O)NCCNc1ccc([N+](=O)[O-])cc1)c1ccc(F)cc1F. The Morgan fingerprint density at radius 3 is 2.48 bits per heavy atom. The zero-order valence-electron chi connectivity index (χ0n) is 14.7. The first-order valence-electron chi connectivity index (χ1n) is 8.30. The molecule has 0 heterocycles. The number of carbonyl (C=O) groups excluding carboxylic acids is 1. The molecule has 0 saturated carbocycles. The highest BCUT2D eigenvalue weighted by molar-refractivity contribution is 5.78. The minimum Gasteiger partial charge on any atom is -0.383 e. The molecule has 0 spiro atoms. The molecule has 27 heavy (non-hydrogen) atoms. The van der Waals surface area contributed by atoms with Gasteiger partial charge in [0, 0.05) is 48.6 Å². The maximum atomic E-state index is 13.7. The standard InChI is InChI=1S/C18H20F2N4O3/c1-12(16-7-2-13(19)10-17(16)20)23-11-18(25)22-9-8-21-14-3-5-15(6-4-14)24(26)27/h2-7,10,12,21,23H,8-9,11H2,1H3,(H,22,25)/t12-/m0/s1. The second-order valence-corrected chi connectivity index (χ2v) is 5.85. The predicted molar refractivity (Wildman–Crippen MR) is 97.4 cm³/mol. The number of anilines is 1. The Morgan fingerprint density at radius 2 is 1.85 bits per heavy atom. The Labute approximate surface area is 154 Å². The van der Waals surface area contributed by atoms with E-state index < -0.39 is 22.6 Å². The van der Waals surface area contributed by atoms with Gasteiger partial charge in [0.1, 0.15) is 11.6 Å². The summed E-state index contributed by atoms with van der Waals surface area (Å²) in [6, 6.07) is 8.81. The van der Waals surface area contributed by atoms with Crippen LogP contribution in [0.2, 0.25) is 0 Å². The fourth-order valence-corrected chi connectivity index (χ4v) is 2.38. The third kappa shape index (κ3) is 6.30. The average Bonchev–Trinajstić information content (AvgIpc) is 2.63. The number of nitro benzene ring substituents is 1. The van der Waals surface area contributed by atoms with Crippen LogP contribution in [0.25, 0.3) is 0 Å². The van der Waals surface area contributed by atoms with Crippen LogP contribution in [0.5, 0.6) is 0 Å². The summed E-state index contributed by atoms with van der Waals surface area (Å²) in [7, 11) is 0. The first-order valence-corrected chi connectivity index (χ1v) is 8.30. The van der Waals surface area contributed by atoms with Crippen LogP contribution < -0.4 is 16.0 Å². The van der Waals surface area contributed by atoms with E-state index in [1.807, 2.05) is 0 Å². The number of hydrogen-bond donors (Lipinski definition) is 3. The van der Waals surface area contributed by atoms with Crippen molar-refractivity contribution >= 4 is 17.3 Å². The fourth-order valence-electron chi connectivity index (χ4n) is 2.38. The van der Waals surface area contributed by atoms with Crippen molar-refractivity contribution in [1.29, 1.82) is 0 Å².